The highest BCUT2D eigenvalue weighted by Crippen LogP contribution is 2.32. The van der Waals surface area contributed by atoms with Gasteiger partial charge in [-0.1, -0.05) is 6.07 Å². The quantitative estimate of drug-likeness (QED) is 0.487. The van der Waals surface area contributed by atoms with Crippen LogP contribution in [0.2, 0.25) is 0 Å². The van der Waals surface area contributed by atoms with Crippen molar-refractivity contribution in [1.82, 2.24) is 14.7 Å². The fourth-order valence-corrected chi connectivity index (χ4v) is 4.72. The first kappa shape index (κ1) is 18.8. The minimum atomic E-state index is -0.173. The standard InChI is InChI=1S/C20H21N3O3S2/c1-11(2)26-15-6-5-13(9-16(15)25-4)12(3)21-18(24)17-10-14-19(28-17)22-20-23(14)7-8-27-20/h5-12H,1-4H3,(H,21,24). The molecule has 0 saturated carbocycles. The number of methoxy groups -OCH3 is 1. The van der Waals surface area contributed by atoms with Crippen LogP contribution in [0, 0.1) is 0 Å². The number of nitrogens with zero attached hydrogens (tertiary/aromatic N) is 2. The average molecular weight is 416 g/mol. The molecule has 1 N–H and O–H groups in total. The number of hydrogen-bond acceptors (Lipinski definition) is 6. The van der Waals surface area contributed by atoms with Crippen LogP contribution in [0.4, 0.5) is 0 Å². The fourth-order valence-electron chi connectivity index (χ4n) is 3.02. The number of thiophene rings is 1. The van der Waals surface area contributed by atoms with Crippen molar-refractivity contribution in [2.75, 3.05) is 7.11 Å². The van der Waals surface area contributed by atoms with Gasteiger partial charge >= 0.3 is 0 Å². The van der Waals surface area contributed by atoms with Crippen LogP contribution in [0.5, 0.6) is 11.5 Å². The summed E-state index contributed by atoms with van der Waals surface area (Å²) in [6, 6.07) is 7.45. The summed E-state index contributed by atoms with van der Waals surface area (Å²) < 4.78 is 13.2. The normalized spacial score (nSPS) is 12.6. The number of fused-ring (bicyclic) bond motifs is 3. The van der Waals surface area contributed by atoms with Crippen LogP contribution in [0.3, 0.4) is 0 Å². The van der Waals surface area contributed by atoms with E-state index >= 15 is 0 Å². The van der Waals surface area contributed by atoms with E-state index in [9.17, 15) is 4.79 Å². The maximum atomic E-state index is 12.7. The van der Waals surface area contributed by atoms with E-state index in [-0.39, 0.29) is 18.1 Å². The Hall–Kier alpha value is -2.58. The molecule has 3 heterocycles. The van der Waals surface area contributed by atoms with Crippen molar-refractivity contribution in [3.63, 3.8) is 0 Å². The molecular formula is C20H21N3O3S2. The van der Waals surface area contributed by atoms with Gasteiger partial charge in [0.25, 0.3) is 5.91 Å². The molecule has 1 atom stereocenters. The largest absolute Gasteiger partial charge is 0.493 e. The summed E-state index contributed by atoms with van der Waals surface area (Å²) in [5.41, 5.74) is 1.92. The third kappa shape index (κ3) is 3.45. The van der Waals surface area contributed by atoms with E-state index in [1.54, 1.807) is 18.4 Å². The zero-order chi connectivity index (χ0) is 19.8. The number of carbonyl (C=O) groups is 1. The lowest BCUT2D eigenvalue weighted by Crippen LogP contribution is -2.25. The zero-order valence-corrected chi connectivity index (χ0v) is 17.7. The number of carbonyl (C=O) groups excluding carboxylic acids is 1. The molecule has 0 bridgehead atoms. The van der Waals surface area contributed by atoms with E-state index in [2.05, 4.69) is 10.3 Å². The van der Waals surface area contributed by atoms with Crippen LogP contribution in [-0.4, -0.2) is 28.5 Å². The SMILES string of the molecule is COc1cc(C(C)NC(=O)c2cc3c(nc4sccn43)s2)ccc1OC(C)C. The lowest BCUT2D eigenvalue weighted by Gasteiger charge is -2.18. The number of thiazole rings is 1. The number of ether oxygens (including phenoxy) is 2. The number of hydrogen-bond donors (Lipinski definition) is 1. The van der Waals surface area contributed by atoms with Crippen LogP contribution >= 0.6 is 22.7 Å². The number of aromatic nitrogens is 2. The summed E-state index contributed by atoms with van der Waals surface area (Å²) in [5, 5.41) is 5.04. The molecule has 0 saturated heterocycles. The summed E-state index contributed by atoms with van der Waals surface area (Å²) in [4.78, 5) is 19.8. The second-order valence-electron chi connectivity index (χ2n) is 6.74. The molecule has 0 spiro atoms. The van der Waals surface area contributed by atoms with E-state index < -0.39 is 0 Å². The average Bonchev–Trinajstić information content (AvgIpc) is 3.33. The summed E-state index contributed by atoms with van der Waals surface area (Å²) in [6.07, 6.45) is 2.03. The first-order valence-corrected chi connectivity index (χ1v) is 10.7. The molecule has 28 heavy (non-hydrogen) atoms. The number of benzene rings is 1. The monoisotopic (exact) mass is 415 g/mol. The van der Waals surface area contributed by atoms with Crippen molar-refractivity contribution in [3.8, 4) is 11.5 Å². The van der Waals surface area contributed by atoms with Crippen LogP contribution < -0.4 is 14.8 Å². The molecule has 0 aliphatic carbocycles. The van der Waals surface area contributed by atoms with Crippen molar-refractivity contribution in [3.05, 3.63) is 46.3 Å². The lowest BCUT2D eigenvalue weighted by atomic mass is 10.1. The lowest BCUT2D eigenvalue weighted by molar-refractivity contribution is 0.0944. The summed E-state index contributed by atoms with van der Waals surface area (Å²) in [5.74, 6) is 1.24. The maximum Gasteiger partial charge on any atom is 0.261 e. The molecule has 146 valence electrons. The van der Waals surface area contributed by atoms with Crippen LogP contribution in [-0.2, 0) is 0 Å². The molecule has 0 aliphatic heterocycles. The topological polar surface area (TPSA) is 64.9 Å². The molecule has 0 fully saturated rings. The van der Waals surface area contributed by atoms with E-state index in [0.717, 1.165) is 20.9 Å². The minimum absolute atomic E-state index is 0.0599. The molecule has 6 nitrogen and oxygen atoms in total. The molecule has 1 amide bonds. The van der Waals surface area contributed by atoms with Gasteiger partial charge < -0.3 is 14.8 Å². The number of nitrogens with one attached hydrogen (secondary N) is 1. The van der Waals surface area contributed by atoms with Crippen LogP contribution in [0.25, 0.3) is 15.3 Å². The Morgan fingerprint density at radius 1 is 1.21 bits per heavy atom. The number of imidazole rings is 1. The van der Waals surface area contributed by atoms with Crippen molar-refractivity contribution in [2.45, 2.75) is 32.9 Å². The van der Waals surface area contributed by atoms with Crippen molar-refractivity contribution < 1.29 is 14.3 Å². The van der Waals surface area contributed by atoms with Crippen LogP contribution in [0.15, 0.2) is 35.8 Å². The smallest absolute Gasteiger partial charge is 0.261 e. The van der Waals surface area contributed by atoms with Gasteiger partial charge in [-0.3, -0.25) is 9.20 Å². The van der Waals surface area contributed by atoms with E-state index in [4.69, 9.17) is 9.47 Å². The Morgan fingerprint density at radius 3 is 2.79 bits per heavy atom. The minimum Gasteiger partial charge on any atom is -0.493 e. The molecule has 4 rings (SSSR count). The summed E-state index contributed by atoms with van der Waals surface area (Å²) >= 11 is 2.99. The second kappa shape index (κ2) is 7.44. The molecule has 1 aromatic carbocycles. The molecule has 4 aromatic rings. The van der Waals surface area contributed by atoms with Gasteiger partial charge in [-0.25, -0.2) is 4.98 Å². The molecule has 0 radical (unpaired) electrons. The van der Waals surface area contributed by atoms with Gasteiger partial charge in [0.2, 0.25) is 0 Å². The Balaban J connectivity index is 1.53. The maximum absolute atomic E-state index is 12.7. The van der Waals surface area contributed by atoms with Gasteiger partial charge in [0.15, 0.2) is 16.5 Å². The predicted molar refractivity (Wildman–Crippen MR) is 113 cm³/mol. The molecular weight excluding hydrogens is 394 g/mol. The Labute approximate surface area is 170 Å². The van der Waals surface area contributed by atoms with Gasteiger partial charge in [-0.2, -0.15) is 0 Å². The molecule has 8 heteroatoms. The Bertz CT molecular complexity index is 1140. The zero-order valence-electron chi connectivity index (χ0n) is 16.1. The predicted octanol–water partition coefficient (Wildman–Crippen LogP) is 4.90. The highest BCUT2D eigenvalue weighted by Gasteiger charge is 2.18. The third-order valence-corrected chi connectivity index (χ3v) is 6.14. The fraction of sp³-hybridized carbons (Fsp3) is 0.300. The highest BCUT2D eigenvalue weighted by atomic mass is 32.1. The van der Waals surface area contributed by atoms with Gasteiger partial charge in [0, 0.05) is 11.6 Å². The van der Waals surface area contributed by atoms with Gasteiger partial charge in [-0.05, 0) is 44.5 Å². The Kier molecular flexibility index (Phi) is 4.99. The third-order valence-electron chi connectivity index (χ3n) is 4.36. The van der Waals surface area contributed by atoms with Crippen LogP contribution in [0.1, 0.15) is 42.0 Å². The number of rotatable bonds is 6. The van der Waals surface area contributed by atoms with Crippen molar-refractivity contribution in [2.24, 2.45) is 0 Å². The first-order chi connectivity index (χ1) is 13.5. The van der Waals surface area contributed by atoms with Gasteiger partial charge in [0.05, 0.1) is 29.6 Å². The van der Waals surface area contributed by atoms with Gasteiger partial charge in [-0.15, -0.1) is 22.7 Å². The van der Waals surface area contributed by atoms with Gasteiger partial charge in [0.1, 0.15) is 4.83 Å². The second-order valence-corrected chi connectivity index (χ2v) is 8.64. The Morgan fingerprint density at radius 2 is 2.04 bits per heavy atom. The summed E-state index contributed by atoms with van der Waals surface area (Å²) in [7, 11) is 1.61. The first-order valence-electron chi connectivity index (χ1n) is 8.97. The van der Waals surface area contributed by atoms with Crippen molar-refractivity contribution >= 4 is 43.9 Å². The molecule has 1 unspecified atom stereocenters. The van der Waals surface area contributed by atoms with E-state index in [1.165, 1.54) is 11.3 Å². The van der Waals surface area contributed by atoms with E-state index in [1.807, 2.05) is 61.0 Å². The molecule has 0 aliphatic rings. The number of amides is 1. The highest BCUT2D eigenvalue weighted by molar-refractivity contribution is 7.21. The molecule has 3 aromatic heterocycles. The van der Waals surface area contributed by atoms with E-state index in [0.29, 0.717) is 16.4 Å². The van der Waals surface area contributed by atoms with Crippen molar-refractivity contribution in [1.29, 1.82) is 0 Å². The summed E-state index contributed by atoms with van der Waals surface area (Å²) in [6.45, 7) is 5.89.